The summed E-state index contributed by atoms with van der Waals surface area (Å²) < 4.78 is 15.9. The molecule has 0 fully saturated rings. The molecule has 29 heavy (non-hydrogen) atoms. The van der Waals surface area contributed by atoms with Gasteiger partial charge in [0.15, 0.2) is 6.79 Å². The van der Waals surface area contributed by atoms with Gasteiger partial charge in [0.25, 0.3) is 5.69 Å². The van der Waals surface area contributed by atoms with Crippen LogP contribution in [0, 0.1) is 10.1 Å². The van der Waals surface area contributed by atoms with Crippen molar-refractivity contribution < 1.29 is 28.7 Å². The zero-order chi connectivity index (χ0) is 20.8. The monoisotopic (exact) mass is 398 g/mol. The highest BCUT2D eigenvalue weighted by atomic mass is 16.7. The van der Waals surface area contributed by atoms with Gasteiger partial charge in [-0.2, -0.15) is 0 Å². The third-order valence-electron chi connectivity index (χ3n) is 3.98. The highest BCUT2D eigenvalue weighted by molar-refractivity contribution is 5.97. The van der Waals surface area contributed by atoms with Crippen LogP contribution in [0.25, 0.3) is 6.08 Å². The normalized spacial score (nSPS) is 13.1. The molecule has 2 aromatic rings. The van der Waals surface area contributed by atoms with Crippen molar-refractivity contribution in [1.82, 2.24) is 5.32 Å². The van der Waals surface area contributed by atoms with E-state index >= 15 is 0 Å². The number of fused-ring (bicyclic) bond motifs is 1. The molecule has 0 aromatic heterocycles. The molecule has 0 saturated heterocycles. The molecule has 0 bridgehead atoms. The number of esters is 1. The van der Waals surface area contributed by atoms with E-state index in [1.165, 1.54) is 25.1 Å². The molecule has 1 amide bonds. The van der Waals surface area contributed by atoms with Gasteiger partial charge in [-0.25, -0.2) is 4.79 Å². The summed E-state index contributed by atoms with van der Waals surface area (Å²) in [5.41, 5.74) is 1.32. The Morgan fingerprint density at radius 1 is 1.28 bits per heavy atom. The van der Waals surface area contributed by atoms with Crippen molar-refractivity contribution >= 4 is 23.6 Å². The van der Waals surface area contributed by atoms with Crippen molar-refractivity contribution in [2.75, 3.05) is 6.79 Å². The first-order valence-electron chi connectivity index (χ1n) is 8.66. The summed E-state index contributed by atoms with van der Waals surface area (Å²) >= 11 is 0. The zero-order valence-corrected chi connectivity index (χ0v) is 15.5. The number of carbonyl (C=O) groups is 2. The molecule has 2 aromatic carbocycles. The first-order chi connectivity index (χ1) is 13.9. The minimum Gasteiger partial charge on any atom is -0.467 e. The van der Waals surface area contributed by atoms with Crippen LogP contribution in [-0.4, -0.2) is 23.6 Å². The molecule has 0 saturated carbocycles. The number of non-ortho nitro benzene ring substituents is 1. The van der Waals surface area contributed by atoms with Gasteiger partial charge in [-0.05, 0) is 11.6 Å². The molecular weight excluding hydrogens is 380 g/mol. The van der Waals surface area contributed by atoms with Crippen LogP contribution in [0.15, 0.2) is 48.2 Å². The van der Waals surface area contributed by atoms with E-state index in [-0.39, 0.29) is 31.4 Å². The fraction of sp³-hybridized carbons (Fsp3) is 0.200. The van der Waals surface area contributed by atoms with Gasteiger partial charge >= 0.3 is 5.97 Å². The molecule has 0 spiro atoms. The van der Waals surface area contributed by atoms with Crippen molar-refractivity contribution in [2.45, 2.75) is 20.1 Å². The lowest BCUT2D eigenvalue weighted by atomic mass is 10.1. The SMILES string of the molecule is CC(=O)N/C(=C\c1ccccc1)C(=O)OCc1cc([N+](=O)[O-])cc2c1OCOC2. The van der Waals surface area contributed by atoms with Gasteiger partial charge in [0.2, 0.25) is 5.91 Å². The fourth-order valence-corrected chi connectivity index (χ4v) is 2.77. The number of rotatable bonds is 6. The smallest absolute Gasteiger partial charge is 0.355 e. The summed E-state index contributed by atoms with van der Waals surface area (Å²) in [6.07, 6.45) is 1.48. The minimum absolute atomic E-state index is 0.00317. The van der Waals surface area contributed by atoms with Gasteiger partial charge in [-0.3, -0.25) is 14.9 Å². The Morgan fingerprint density at radius 3 is 2.72 bits per heavy atom. The number of amides is 1. The van der Waals surface area contributed by atoms with Crippen LogP contribution in [0.2, 0.25) is 0 Å². The third kappa shape index (κ3) is 5.17. The highest BCUT2D eigenvalue weighted by Gasteiger charge is 2.22. The van der Waals surface area contributed by atoms with E-state index in [9.17, 15) is 19.7 Å². The van der Waals surface area contributed by atoms with Crippen molar-refractivity contribution in [3.8, 4) is 5.75 Å². The van der Waals surface area contributed by atoms with E-state index in [1.807, 2.05) is 6.07 Å². The topological polar surface area (TPSA) is 117 Å². The number of nitro groups is 1. The van der Waals surface area contributed by atoms with Crippen LogP contribution in [0.1, 0.15) is 23.6 Å². The number of nitrogens with zero attached hydrogens (tertiary/aromatic N) is 1. The molecule has 0 unspecified atom stereocenters. The van der Waals surface area contributed by atoms with Gasteiger partial charge in [0.1, 0.15) is 18.1 Å². The molecule has 150 valence electrons. The van der Waals surface area contributed by atoms with Crippen LogP contribution in [0.5, 0.6) is 5.75 Å². The fourth-order valence-electron chi connectivity index (χ4n) is 2.77. The maximum atomic E-state index is 12.5. The molecule has 0 radical (unpaired) electrons. The molecule has 1 aliphatic heterocycles. The third-order valence-corrected chi connectivity index (χ3v) is 3.98. The molecule has 9 nitrogen and oxygen atoms in total. The van der Waals surface area contributed by atoms with Crippen molar-refractivity contribution in [1.29, 1.82) is 0 Å². The summed E-state index contributed by atoms with van der Waals surface area (Å²) in [5, 5.41) is 13.6. The minimum atomic E-state index is -0.781. The van der Waals surface area contributed by atoms with E-state index in [1.54, 1.807) is 24.3 Å². The molecule has 9 heteroatoms. The highest BCUT2D eigenvalue weighted by Crippen LogP contribution is 2.33. The van der Waals surface area contributed by atoms with Gasteiger partial charge in [0, 0.05) is 30.2 Å². The lowest BCUT2D eigenvalue weighted by molar-refractivity contribution is -0.385. The summed E-state index contributed by atoms with van der Waals surface area (Å²) in [6, 6.07) is 11.6. The number of ether oxygens (including phenoxy) is 3. The second-order valence-electron chi connectivity index (χ2n) is 6.19. The number of nitro benzene ring substituents is 1. The largest absolute Gasteiger partial charge is 0.467 e. The second kappa shape index (κ2) is 8.98. The van der Waals surface area contributed by atoms with Crippen LogP contribution in [0.4, 0.5) is 5.69 Å². The number of benzene rings is 2. The Bertz CT molecular complexity index is 970. The number of hydrogen-bond donors (Lipinski definition) is 1. The number of nitrogens with one attached hydrogen (secondary N) is 1. The number of hydrogen-bond acceptors (Lipinski definition) is 7. The molecule has 1 N–H and O–H groups in total. The lowest BCUT2D eigenvalue weighted by Gasteiger charge is -2.20. The first kappa shape index (κ1) is 20.0. The maximum absolute atomic E-state index is 12.5. The lowest BCUT2D eigenvalue weighted by Crippen LogP contribution is -2.26. The van der Waals surface area contributed by atoms with Crippen molar-refractivity contribution in [2.24, 2.45) is 0 Å². The standard InChI is InChI=1S/C20H18N2O7/c1-13(23)21-18(7-14-5-3-2-4-6-14)20(24)28-11-16-9-17(22(25)26)8-15-10-27-12-29-19(15)16/h2-9H,10-12H2,1H3,(H,21,23)/b18-7-. The molecule has 3 rings (SSSR count). The van der Waals surface area contributed by atoms with Gasteiger partial charge in [-0.1, -0.05) is 30.3 Å². The Balaban J connectivity index is 1.82. The first-order valence-corrected chi connectivity index (χ1v) is 8.66. The number of carbonyl (C=O) groups excluding carboxylic acids is 2. The second-order valence-corrected chi connectivity index (χ2v) is 6.19. The van der Waals surface area contributed by atoms with Crippen LogP contribution >= 0.6 is 0 Å². The predicted octanol–water partition coefficient (Wildman–Crippen LogP) is 2.68. The van der Waals surface area contributed by atoms with Crippen LogP contribution in [0.3, 0.4) is 0 Å². The van der Waals surface area contributed by atoms with Gasteiger partial charge in [0.05, 0.1) is 11.5 Å². The molecule has 1 aliphatic rings. The zero-order valence-electron chi connectivity index (χ0n) is 15.5. The summed E-state index contributed by atoms with van der Waals surface area (Å²) in [6.45, 7) is 1.16. The summed E-state index contributed by atoms with van der Waals surface area (Å²) in [4.78, 5) is 34.6. The predicted molar refractivity (Wildman–Crippen MR) is 101 cm³/mol. The Kier molecular flexibility index (Phi) is 6.20. The van der Waals surface area contributed by atoms with Crippen LogP contribution in [-0.2, 0) is 32.3 Å². The van der Waals surface area contributed by atoms with E-state index in [0.29, 0.717) is 22.4 Å². The van der Waals surface area contributed by atoms with Crippen molar-refractivity contribution in [3.05, 3.63) is 75.0 Å². The quantitative estimate of drug-likeness (QED) is 0.344. The average molecular weight is 398 g/mol. The maximum Gasteiger partial charge on any atom is 0.355 e. The summed E-state index contributed by atoms with van der Waals surface area (Å²) in [5.74, 6) is -0.823. The van der Waals surface area contributed by atoms with E-state index in [2.05, 4.69) is 5.32 Å². The Morgan fingerprint density at radius 2 is 2.03 bits per heavy atom. The molecule has 0 aliphatic carbocycles. The van der Waals surface area contributed by atoms with E-state index < -0.39 is 16.8 Å². The van der Waals surface area contributed by atoms with E-state index in [4.69, 9.17) is 14.2 Å². The molecular formula is C20H18N2O7. The van der Waals surface area contributed by atoms with Gasteiger partial charge in [-0.15, -0.1) is 0 Å². The van der Waals surface area contributed by atoms with E-state index in [0.717, 1.165) is 0 Å². The van der Waals surface area contributed by atoms with Crippen LogP contribution < -0.4 is 10.1 Å². The Hall–Kier alpha value is -3.72. The Labute approximate surface area is 166 Å². The average Bonchev–Trinajstić information content (AvgIpc) is 2.71. The molecule has 0 atom stereocenters. The molecule has 1 heterocycles. The van der Waals surface area contributed by atoms with Crippen molar-refractivity contribution in [3.63, 3.8) is 0 Å². The van der Waals surface area contributed by atoms with Gasteiger partial charge < -0.3 is 19.5 Å². The summed E-state index contributed by atoms with van der Waals surface area (Å²) in [7, 11) is 0.